The summed E-state index contributed by atoms with van der Waals surface area (Å²) in [7, 11) is 0. The Morgan fingerprint density at radius 2 is 1.59 bits per heavy atom. The van der Waals surface area contributed by atoms with Crippen molar-refractivity contribution < 1.29 is 4.79 Å². The van der Waals surface area contributed by atoms with Crippen LogP contribution in [-0.2, 0) is 6.42 Å². The van der Waals surface area contributed by atoms with E-state index in [2.05, 4.69) is 95.7 Å². The summed E-state index contributed by atoms with van der Waals surface area (Å²) in [4.78, 5) is 26.0. The van der Waals surface area contributed by atoms with Crippen LogP contribution >= 0.6 is 11.8 Å². The number of hydrogen-bond acceptors (Lipinski definition) is 7. The van der Waals surface area contributed by atoms with Gasteiger partial charge in [0.2, 0.25) is 0 Å². The Morgan fingerprint density at radius 1 is 1.00 bits per heavy atom. The first-order chi connectivity index (χ1) is 23.5. The molecule has 266 valence electrons. The minimum absolute atomic E-state index is 0.0489. The summed E-state index contributed by atoms with van der Waals surface area (Å²) >= 11 is 1.59. The number of carbonyl (C=O) groups excluding carboxylic acids is 1. The monoisotopic (exact) mass is 684 g/mol. The number of aromatic nitrogens is 3. The number of aryl methyl sites for hydroxylation is 2. The predicted molar refractivity (Wildman–Crippen MR) is 207 cm³/mol. The molecular weight excluding hydrogens is 625 g/mol. The summed E-state index contributed by atoms with van der Waals surface area (Å²) in [6.07, 6.45) is 11.1. The van der Waals surface area contributed by atoms with Crippen molar-refractivity contribution in [1.82, 2.24) is 19.7 Å². The van der Waals surface area contributed by atoms with Gasteiger partial charge in [0.25, 0.3) is 5.91 Å². The van der Waals surface area contributed by atoms with Gasteiger partial charge in [-0.15, -0.1) is 5.10 Å². The molecule has 0 bridgehead atoms. The van der Waals surface area contributed by atoms with E-state index >= 15 is 0 Å². The molecule has 1 aromatic carbocycles. The lowest BCUT2D eigenvalue weighted by Crippen LogP contribution is -2.32. The normalized spacial score (nSPS) is 15.7. The van der Waals surface area contributed by atoms with E-state index < -0.39 is 5.91 Å². The van der Waals surface area contributed by atoms with Crippen molar-refractivity contribution in [2.45, 2.75) is 127 Å². The molecule has 1 aliphatic rings. The fourth-order valence-electron chi connectivity index (χ4n) is 6.12. The zero-order valence-corrected chi connectivity index (χ0v) is 32.6. The molecule has 2 heterocycles. The van der Waals surface area contributed by atoms with Crippen LogP contribution in [0.4, 0.5) is 0 Å². The van der Waals surface area contributed by atoms with E-state index in [1.54, 1.807) is 18.7 Å². The van der Waals surface area contributed by atoms with Crippen molar-refractivity contribution in [2.24, 2.45) is 22.7 Å². The Kier molecular flexibility index (Phi) is 16.1. The van der Waals surface area contributed by atoms with E-state index in [-0.39, 0.29) is 5.57 Å². The fourth-order valence-corrected chi connectivity index (χ4v) is 7.02. The molecule has 0 spiro atoms. The summed E-state index contributed by atoms with van der Waals surface area (Å²) in [5.41, 5.74) is 4.34. The number of hydrogen-bond donors (Lipinski definition) is 0. The highest BCUT2D eigenvalue weighted by molar-refractivity contribution is 8.06. The smallest absolute Gasteiger partial charge is 0.291 e. The number of benzene rings is 1. The van der Waals surface area contributed by atoms with Crippen molar-refractivity contribution in [3.05, 3.63) is 74.8 Å². The van der Waals surface area contributed by atoms with E-state index in [0.717, 1.165) is 53.5 Å². The third-order valence-corrected chi connectivity index (χ3v) is 10.8. The van der Waals surface area contributed by atoms with E-state index in [9.17, 15) is 10.1 Å². The van der Waals surface area contributed by atoms with Crippen LogP contribution in [-0.4, -0.2) is 44.4 Å². The van der Waals surface area contributed by atoms with Crippen LogP contribution < -0.4 is 0 Å². The molecule has 0 saturated carbocycles. The molecule has 2 atom stereocenters. The molecule has 7 nitrogen and oxygen atoms in total. The van der Waals surface area contributed by atoms with E-state index in [0.29, 0.717) is 47.1 Å². The maximum Gasteiger partial charge on any atom is 0.291 e. The minimum atomic E-state index is -0.448. The Morgan fingerprint density at radius 3 is 2.10 bits per heavy atom. The largest absolute Gasteiger partial charge is 0.366 e. The third kappa shape index (κ3) is 11.0. The first kappa shape index (κ1) is 40.0. The molecule has 49 heavy (non-hydrogen) atoms. The number of carbonyl (C=O) groups is 1. The Labute approximate surface area is 301 Å². The lowest BCUT2D eigenvalue weighted by Gasteiger charge is -2.33. The summed E-state index contributed by atoms with van der Waals surface area (Å²) < 4.78 is 1.28. The number of thioether (sulfide) groups is 1. The van der Waals surface area contributed by atoms with Crippen LogP contribution in [0, 0.1) is 36.0 Å². The molecule has 1 aromatic heterocycles. The zero-order valence-electron chi connectivity index (χ0n) is 31.7. The molecule has 1 aliphatic heterocycles. The molecule has 0 amide bonds. The maximum absolute atomic E-state index is 13.4. The van der Waals surface area contributed by atoms with Gasteiger partial charge in [0.1, 0.15) is 22.4 Å². The van der Waals surface area contributed by atoms with Gasteiger partial charge >= 0.3 is 0 Å². The average Bonchev–Trinajstić information content (AvgIpc) is 3.52. The van der Waals surface area contributed by atoms with Gasteiger partial charge in [-0.1, -0.05) is 128 Å². The number of nitriles is 1. The van der Waals surface area contributed by atoms with Gasteiger partial charge in [0.05, 0.1) is 5.03 Å². The lowest BCUT2D eigenvalue weighted by molar-refractivity contribution is 0.0941. The van der Waals surface area contributed by atoms with E-state index in [1.807, 2.05) is 0 Å². The van der Waals surface area contributed by atoms with Crippen molar-refractivity contribution in [2.75, 3.05) is 13.1 Å². The van der Waals surface area contributed by atoms with E-state index in [4.69, 9.17) is 16.6 Å². The molecule has 0 fully saturated rings. The second kappa shape index (κ2) is 19.7. The molecule has 0 radical (unpaired) electrons. The van der Waals surface area contributed by atoms with Gasteiger partial charge in [-0.25, -0.2) is 9.98 Å². The number of nitrogens with zero attached hydrogens (tertiary/aromatic N) is 6. The van der Waals surface area contributed by atoms with Gasteiger partial charge in [0.15, 0.2) is 11.6 Å². The second-order valence-electron chi connectivity index (χ2n) is 14.1. The predicted octanol–water partition coefficient (Wildman–Crippen LogP) is 10.8. The molecule has 0 saturated heterocycles. The van der Waals surface area contributed by atoms with Crippen molar-refractivity contribution in [1.29, 1.82) is 5.26 Å². The highest BCUT2D eigenvalue weighted by Crippen LogP contribution is 2.37. The lowest BCUT2D eigenvalue weighted by atomic mass is 9.96. The van der Waals surface area contributed by atoms with Crippen LogP contribution in [0.5, 0.6) is 0 Å². The number of aliphatic imine (C=N–C) groups is 1. The summed E-state index contributed by atoms with van der Waals surface area (Å²) in [6.45, 7) is 26.1. The number of rotatable bonds is 20. The summed E-state index contributed by atoms with van der Waals surface area (Å²) in [5, 5.41) is 16.4. The van der Waals surface area contributed by atoms with Crippen molar-refractivity contribution >= 4 is 29.0 Å². The third-order valence-electron chi connectivity index (χ3n) is 9.69. The van der Waals surface area contributed by atoms with Crippen LogP contribution in [0.2, 0.25) is 0 Å². The molecule has 3 rings (SSSR count). The highest BCUT2D eigenvalue weighted by Gasteiger charge is 2.33. The molecular formula is C41H60N6OS. The molecule has 0 N–H and O–H groups in total. The standard InChI is InChI=1S/C41H60N6OS/c1-11-15-17-33(13-3)26-46(27-34(14-4)18-16-12-2)32(10)49-40(30(8)35-22-20-29(7)21-23-35)44-38-31(9)36(25-42)41(48)47-39(38)43-37(45-47)24-19-28(5)6/h20-23,28,33-34H,10-19,24,26-27H2,1-9H3/b40-30+,44-38?. The molecule has 2 aromatic rings. The van der Waals surface area contributed by atoms with Crippen LogP contribution in [0.3, 0.4) is 0 Å². The summed E-state index contributed by atoms with van der Waals surface area (Å²) in [5.74, 6) is 2.20. The molecule has 2 unspecified atom stereocenters. The topological polar surface area (TPSA) is 87.2 Å². The first-order valence-electron chi connectivity index (χ1n) is 18.6. The Bertz CT molecular complexity index is 1540. The zero-order chi connectivity index (χ0) is 36.1. The maximum atomic E-state index is 13.4. The fraction of sp³-hybridized carbons (Fsp3) is 0.585. The van der Waals surface area contributed by atoms with Crippen molar-refractivity contribution in [3.8, 4) is 6.07 Å². The summed E-state index contributed by atoms with van der Waals surface area (Å²) in [6, 6.07) is 10.6. The minimum Gasteiger partial charge on any atom is -0.366 e. The highest BCUT2D eigenvalue weighted by atomic mass is 32.2. The van der Waals surface area contributed by atoms with Gasteiger partial charge < -0.3 is 4.90 Å². The quantitative estimate of drug-likeness (QED) is 0.138. The number of allylic oxidation sites excluding steroid dienone is 3. The van der Waals surface area contributed by atoms with Gasteiger partial charge in [-0.2, -0.15) is 9.94 Å². The van der Waals surface area contributed by atoms with Gasteiger partial charge in [0, 0.05) is 25.1 Å². The first-order valence-corrected chi connectivity index (χ1v) is 19.4. The van der Waals surface area contributed by atoms with Gasteiger partial charge in [-0.05, 0) is 68.9 Å². The average molecular weight is 685 g/mol. The van der Waals surface area contributed by atoms with Crippen molar-refractivity contribution in [3.63, 3.8) is 0 Å². The van der Waals surface area contributed by atoms with Crippen LogP contribution in [0.25, 0.3) is 5.57 Å². The number of fused-ring (bicyclic) bond motifs is 1. The Hall–Kier alpha value is -3.44. The SMILES string of the molecule is C=C(S/C(N=C1C(C)=C(C#N)C(=O)n2nc(CCC(C)C)nc21)=C(\C)c1ccc(C)cc1)N(CC(CC)CCCC)CC(CC)CCCC. The Balaban J connectivity index is 2.17. The number of unbranched alkanes of at least 4 members (excludes halogenated alkanes) is 2. The molecule has 0 aliphatic carbocycles. The van der Waals surface area contributed by atoms with Crippen LogP contribution in [0.1, 0.15) is 141 Å². The van der Waals surface area contributed by atoms with Crippen LogP contribution in [0.15, 0.2) is 57.0 Å². The molecule has 8 heteroatoms. The van der Waals surface area contributed by atoms with Gasteiger partial charge in [-0.3, -0.25) is 4.79 Å². The second-order valence-corrected chi connectivity index (χ2v) is 15.2. The van der Waals surface area contributed by atoms with E-state index in [1.165, 1.54) is 48.8 Å².